The molecule has 5 nitrogen and oxygen atoms in total. The summed E-state index contributed by atoms with van der Waals surface area (Å²) in [6.45, 7) is 5.99. The van der Waals surface area contributed by atoms with E-state index in [1.807, 2.05) is 20.8 Å². The standard InChI is InChI=1S/C7H14N4O.2ClH/c1-7(2,3)4(8)5-10-11-6(9)12-5;;/h4H,8H2,1-3H3,(H2,9,11);2*1H/t4-;;/m1../s1. The Kier molecular flexibility index (Phi) is 6.13. The quantitative estimate of drug-likeness (QED) is 0.780. The van der Waals surface area contributed by atoms with Gasteiger partial charge in [0, 0.05) is 0 Å². The Labute approximate surface area is 95.4 Å². The lowest BCUT2D eigenvalue weighted by Crippen LogP contribution is -2.26. The maximum absolute atomic E-state index is 5.83. The maximum Gasteiger partial charge on any atom is 0.312 e. The van der Waals surface area contributed by atoms with E-state index in [1.54, 1.807) is 0 Å². The molecule has 0 aromatic carbocycles. The van der Waals surface area contributed by atoms with E-state index < -0.39 is 0 Å². The predicted octanol–water partition coefficient (Wildman–Crippen LogP) is 1.54. The van der Waals surface area contributed by atoms with Crippen LogP contribution in [0.25, 0.3) is 0 Å². The van der Waals surface area contributed by atoms with Crippen molar-refractivity contribution < 1.29 is 4.42 Å². The van der Waals surface area contributed by atoms with E-state index in [4.69, 9.17) is 15.9 Å². The van der Waals surface area contributed by atoms with Crippen LogP contribution in [0, 0.1) is 5.41 Å². The number of anilines is 1. The van der Waals surface area contributed by atoms with Gasteiger partial charge in [-0.15, -0.1) is 29.9 Å². The summed E-state index contributed by atoms with van der Waals surface area (Å²) in [7, 11) is 0. The van der Waals surface area contributed by atoms with Crippen LogP contribution in [0.3, 0.4) is 0 Å². The third kappa shape index (κ3) is 3.69. The molecule has 0 amide bonds. The van der Waals surface area contributed by atoms with Crippen LogP contribution in [0.1, 0.15) is 32.7 Å². The summed E-state index contributed by atoms with van der Waals surface area (Å²) in [5.41, 5.74) is 11.0. The lowest BCUT2D eigenvalue weighted by Gasteiger charge is -2.23. The molecule has 7 heteroatoms. The van der Waals surface area contributed by atoms with Crippen LogP contribution in [-0.2, 0) is 0 Å². The fraction of sp³-hybridized carbons (Fsp3) is 0.714. The van der Waals surface area contributed by atoms with E-state index in [2.05, 4.69) is 10.2 Å². The lowest BCUT2D eigenvalue weighted by atomic mass is 9.87. The first-order valence-electron chi connectivity index (χ1n) is 3.75. The number of rotatable bonds is 1. The smallest absolute Gasteiger partial charge is 0.312 e. The van der Waals surface area contributed by atoms with E-state index >= 15 is 0 Å². The predicted molar refractivity (Wildman–Crippen MR) is 59.6 cm³/mol. The SMILES string of the molecule is CC(C)(C)[C@H](N)c1nnc(N)o1.Cl.Cl. The van der Waals surface area contributed by atoms with Gasteiger partial charge < -0.3 is 15.9 Å². The van der Waals surface area contributed by atoms with E-state index in [9.17, 15) is 0 Å². The third-order valence-corrected chi connectivity index (χ3v) is 1.66. The van der Waals surface area contributed by atoms with Gasteiger partial charge in [-0.25, -0.2) is 0 Å². The molecule has 0 aliphatic heterocycles. The summed E-state index contributed by atoms with van der Waals surface area (Å²) in [5.74, 6) is 0.389. The summed E-state index contributed by atoms with van der Waals surface area (Å²) in [6, 6.07) is -0.216. The van der Waals surface area contributed by atoms with E-state index in [-0.39, 0.29) is 42.3 Å². The van der Waals surface area contributed by atoms with Crippen LogP contribution < -0.4 is 11.5 Å². The second-order valence-corrected chi connectivity index (χ2v) is 3.82. The first kappa shape index (κ1) is 15.9. The van der Waals surface area contributed by atoms with E-state index in [0.29, 0.717) is 5.89 Å². The molecule has 0 saturated heterocycles. The molecule has 1 atom stereocenters. The summed E-state index contributed by atoms with van der Waals surface area (Å²) in [5, 5.41) is 7.25. The molecule has 0 aliphatic rings. The van der Waals surface area contributed by atoms with Crippen LogP contribution in [0.5, 0.6) is 0 Å². The molecule has 1 rings (SSSR count). The molecular formula is C7H16Cl2N4O. The van der Waals surface area contributed by atoms with Gasteiger partial charge in [0.05, 0.1) is 6.04 Å². The molecule has 0 bridgehead atoms. The van der Waals surface area contributed by atoms with Crippen molar-refractivity contribution in [2.45, 2.75) is 26.8 Å². The van der Waals surface area contributed by atoms with Crippen molar-refractivity contribution in [1.29, 1.82) is 0 Å². The molecule has 0 unspecified atom stereocenters. The van der Waals surface area contributed by atoms with Gasteiger partial charge in [-0.05, 0) is 5.41 Å². The van der Waals surface area contributed by atoms with Crippen LogP contribution in [-0.4, -0.2) is 10.2 Å². The minimum atomic E-state index is -0.276. The minimum Gasteiger partial charge on any atom is -0.407 e. The zero-order valence-electron chi connectivity index (χ0n) is 8.35. The summed E-state index contributed by atoms with van der Waals surface area (Å²) < 4.78 is 5.00. The number of hydrogen-bond acceptors (Lipinski definition) is 5. The fourth-order valence-corrected chi connectivity index (χ4v) is 0.743. The molecule has 1 aromatic rings. The van der Waals surface area contributed by atoms with Gasteiger partial charge in [-0.1, -0.05) is 25.9 Å². The maximum atomic E-state index is 5.83. The van der Waals surface area contributed by atoms with Crippen molar-refractivity contribution >= 4 is 30.8 Å². The average Bonchev–Trinajstić information content (AvgIpc) is 2.32. The highest BCUT2D eigenvalue weighted by molar-refractivity contribution is 5.85. The highest BCUT2D eigenvalue weighted by Gasteiger charge is 2.26. The molecule has 0 saturated carbocycles. The van der Waals surface area contributed by atoms with Crippen molar-refractivity contribution in [2.75, 3.05) is 5.73 Å². The zero-order valence-corrected chi connectivity index (χ0v) is 9.98. The normalized spacial score (nSPS) is 12.6. The number of nitrogen functional groups attached to an aromatic ring is 1. The van der Waals surface area contributed by atoms with Gasteiger partial charge in [-0.2, -0.15) is 0 Å². The van der Waals surface area contributed by atoms with Gasteiger partial charge in [-0.3, -0.25) is 0 Å². The molecule has 0 aliphatic carbocycles. The second-order valence-electron chi connectivity index (χ2n) is 3.82. The molecular weight excluding hydrogens is 227 g/mol. The number of nitrogens with zero attached hydrogens (tertiary/aromatic N) is 2. The Morgan fingerprint density at radius 1 is 1.21 bits per heavy atom. The number of halogens is 2. The number of aromatic nitrogens is 2. The average molecular weight is 243 g/mol. The van der Waals surface area contributed by atoms with E-state index in [1.165, 1.54) is 0 Å². The number of nitrogens with two attached hydrogens (primary N) is 2. The van der Waals surface area contributed by atoms with Crippen molar-refractivity contribution in [1.82, 2.24) is 10.2 Å². The third-order valence-electron chi connectivity index (χ3n) is 1.66. The van der Waals surface area contributed by atoms with Crippen LogP contribution in [0.2, 0.25) is 0 Å². The van der Waals surface area contributed by atoms with Crippen molar-refractivity contribution in [3.8, 4) is 0 Å². The first-order valence-corrected chi connectivity index (χ1v) is 3.75. The molecule has 1 aromatic heterocycles. The Morgan fingerprint density at radius 2 is 1.71 bits per heavy atom. The fourth-order valence-electron chi connectivity index (χ4n) is 0.743. The van der Waals surface area contributed by atoms with Crippen molar-refractivity contribution in [3.63, 3.8) is 0 Å². The highest BCUT2D eigenvalue weighted by Crippen LogP contribution is 2.29. The second kappa shape index (κ2) is 5.38. The van der Waals surface area contributed by atoms with Gasteiger partial charge in [0.2, 0.25) is 5.89 Å². The molecule has 0 spiro atoms. The Hall–Kier alpha value is -0.520. The van der Waals surface area contributed by atoms with Crippen molar-refractivity contribution in [3.05, 3.63) is 5.89 Å². The largest absolute Gasteiger partial charge is 0.407 e. The highest BCUT2D eigenvalue weighted by atomic mass is 35.5. The van der Waals surface area contributed by atoms with Crippen LogP contribution in [0.4, 0.5) is 6.01 Å². The van der Waals surface area contributed by atoms with Crippen molar-refractivity contribution in [2.24, 2.45) is 11.1 Å². The Morgan fingerprint density at radius 3 is 2.00 bits per heavy atom. The molecule has 0 radical (unpaired) electrons. The minimum absolute atomic E-state index is 0. The Balaban J connectivity index is 0. The first-order chi connectivity index (χ1) is 5.41. The number of hydrogen-bond donors (Lipinski definition) is 2. The zero-order chi connectivity index (χ0) is 9.35. The monoisotopic (exact) mass is 242 g/mol. The Bertz CT molecular complexity index is 271. The van der Waals surface area contributed by atoms with Gasteiger partial charge in [0.1, 0.15) is 0 Å². The van der Waals surface area contributed by atoms with Gasteiger partial charge in [0.15, 0.2) is 0 Å². The van der Waals surface area contributed by atoms with Crippen LogP contribution >= 0.6 is 24.8 Å². The topological polar surface area (TPSA) is 91.0 Å². The summed E-state index contributed by atoms with van der Waals surface area (Å²) >= 11 is 0. The lowest BCUT2D eigenvalue weighted by molar-refractivity contribution is 0.279. The molecule has 84 valence electrons. The summed E-state index contributed by atoms with van der Waals surface area (Å²) in [6.07, 6.45) is 0. The molecule has 0 fully saturated rings. The van der Waals surface area contributed by atoms with Gasteiger partial charge in [0.25, 0.3) is 0 Å². The van der Waals surface area contributed by atoms with Crippen LogP contribution in [0.15, 0.2) is 4.42 Å². The molecule has 14 heavy (non-hydrogen) atoms. The molecule has 1 heterocycles. The van der Waals surface area contributed by atoms with Gasteiger partial charge >= 0.3 is 6.01 Å². The van der Waals surface area contributed by atoms with E-state index in [0.717, 1.165) is 0 Å². The summed E-state index contributed by atoms with van der Waals surface area (Å²) in [4.78, 5) is 0. The molecule has 4 N–H and O–H groups in total.